The highest BCUT2D eigenvalue weighted by atomic mass is 35.5. The Kier molecular flexibility index (Phi) is 3.08. The Labute approximate surface area is 111 Å². The Hall–Kier alpha value is -0.640. The fourth-order valence-corrected chi connectivity index (χ4v) is 3.64. The molecule has 2 atom stereocenters. The first-order valence-corrected chi connectivity index (χ1v) is 6.87. The van der Waals surface area contributed by atoms with E-state index in [0.717, 1.165) is 37.9 Å². The number of fused-ring (bicyclic) bond motifs is 1. The minimum atomic E-state index is -0.696. The zero-order chi connectivity index (χ0) is 12.8. The second-order valence-electron chi connectivity index (χ2n) is 5.46. The molecule has 98 valence electrons. The number of aliphatic hydroxyl groups is 1. The summed E-state index contributed by atoms with van der Waals surface area (Å²) in [4.78, 5) is 2.36. The quantitative estimate of drug-likeness (QED) is 0.892. The largest absolute Gasteiger partial charge is 0.388 e. The molecule has 3 rings (SSSR count). The number of hydrogen-bond acceptors (Lipinski definition) is 2. The van der Waals surface area contributed by atoms with E-state index in [2.05, 4.69) is 4.90 Å². The Balaban J connectivity index is 1.83. The van der Waals surface area contributed by atoms with Gasteiger partial charge in [0.05, 0.1) is 5.60 Å². The first-order valence-electron chi connectivity index (χ1n) is 6.49. The SMILES string of the molecule is OC1(Cc2ccc(F)cc2Cl)CCN2CCCC21. The lowest BCUT2D eigenvalue weighted by Crippen LogP contribution is -2.43. The van der Waals surface area contributed by atoms with Gasteiger partial charge in [-0.2, -0.15) is 0 Å². The lowest BCUT2D eigenvalue weighted by atomic mass is 9.86. The van der Waals surface area contributed by atoms with E-state index in [1.54, 1.807) is 6.07 Å². The normalized spacial score (nSPS) is 31.8. The number of halogens is 2. The van der Waals surface area contributed by atoms with E-state index >= 15 is 0 Å². The van der Waals surface area contributed by atoms with Crippen LogP contribution in [-0.2, 0) is 6.42 Å². The van der Waals surface area contributed by atoms with Gasteiger partial charge in [0, 0.05) is 24.0 Å². The third-order valence-electron chi connectivity index (χ3n) is 4.33. The maximum atomic E-state index is 13.0. The molecule has 2 unspecified atom stereocenters. The van der Waals surface area contributed by atoms with Gasteiger partial charge in [0.2, 0.25) is 0 Å². The van der Waals surface area contributed by atoms with E-state index in [1.807, 2.05) is 0 Å². The van der Waals surface area contributed by atoms with Crippen molar-refractivity contribution >= 4 is 11.6 Å². The zero-order valence-corrected chi connectivity index (χ0v) is 11.0. The molecule has 2 fully saturated rings. The molecular weight excluding hydrogens is 253 g/mol. The van der Waals surface area contributed by atoms with Gasteiger partial charge in [0.25, 0.3) is 0 Å². The first kappa shape index (κ1) is 12.4. The summed E-state index contributed by atoms with van der Waals surface area (Å²) >= 11 is 6.05. The molecule has 2 heterocycles. The van der Waals surface area contributed by atoms with E-state index in [-0.39, 0.29) is 11.9 Å². The van der Waals surface area contributed by atoms with Crippen LogP contribution < -0.4 is 0 Å². The summed E-state index contributed by atoms with van der Waals surface area (Å²) in [6.07, 6.45) is 3.51. The van der Waals surface area contributed by atoms with Crippen molar-refractivity contribution in [1.29, 1.82) is 0 Å². The minimum absolute atomic E-state index is 0.249. The Morgan fingerprint density at radius 2 is 2.28 bits per heavy atom. The first-order chi connectivity index (χ1) is 8.58. The minimum Gasteiger partial charge on any atom is -0.388 e. The molecule has 4 heteroatoms. The molecule has 2 nitrogen and oxygen atoms in total. The highest BCUT2D eigenvalue weighted by Crippen LogP contribution is 2.39. The standard InChI is InChI=1S/C14H17ClFNO/c15-12-8-11(16)4-3-10(12)9-14(18)5-7-17-6-1-2-13(14)17/h3-4,8,13,18H,1-2,5-7,9H2. The average Bonchev–Trinajstić information content (AvgIpc) is 2.88. The Morgan fingerprint density at radius 1 is 1.44 bits per heavy atom. The van der Waals surface area contributed by atoms with Gasteiger partial charge < -0.3 is 5.11 Å². The van der Waals surface area contributed by atoms with Crippen LogP contribution in [-0.4, -0.2) is 34.7 Å². The Bertz CT molecular complexity index is 467. The molecule has 1 aromatic rings. The highest BCUT2D eigenvalue weighted by Gasteiger charge is 2.47. The van der Waals surface area contributed by atoms with Gasteiger partial charge in [-0.1, -0.05) is 17.7 Å². The summed E-state index contributed by atoms with van der Waals surface area (Å²) in [6, 6.07) is 4.67. The summed E-state index contributed by atoms with van der Waals surface area (Å²) < 4.78 is 13.0. The predicted molar refractivity (Wildman–Crippen MR) is 69.3 cm³/mol. The maximum absolute atomic E-state index is 13.0. The lowest BCUT2D eigenvalue weighted by Gasteiger charge is -2.30. The van der Waals surface area contributed by atoms with Crippen LogP contribution in [0.25, 0.3) is 0 Å². The van der Waals surface area contributed by atoms with E-state index in [1.165, 1.54) is 12.1 Å². The van der Waals surface area contributed by atoms with Crippen molar-refractivity contribution in [3.8, 4) is 0 Å². The summed E-state index contributed by atoms with van der Waals surface area (Å²) in [7, 11) is 0. The van der Waals surface area contributed by atoms with Gasteiger partial charge in [-0.25, -0.2) is 4.39 Å². The number of nitrogens with zero attached hydrogens (tertiary/aromatic N) is 1. The number of hydrogen-bond donors (Lipinski definition) is 1. The van der Waals surface area contributed by atoms with Gasteiger partial charge in [0.15, 0.2) is 0 Å². The van der Waals surface area contributed by atoms with Gasteiger partial charge in [-0.3, -0.25) is 4.90 Å². The number of rotatable bonds is 2. The predicted octanol–water partition coefficient (Wildman–Crippen LogP) is 2.62. The summed E-state index contributed by atoms with van der Waals surface area (Å²) in [6.45, 7) is 2.05. The zero-order valence-electron chi connectivity index (χ0n) is 10.2. The van der Waals surface area contributed by atoms with Crippen LogP contribution in [0.15, 0.2) is 18.2 Å². The Morgan fingerprint density at radius 3 is 3.06 bits per heavy atom. The van der Waals surface area contributed by atoms with E-state index < -0.39 is 5.60 Å². The van der Waals surface area contributed by atoms with E-state index in [0.29, 0.717) is 11.4 Å². The van der Waals surface area contributed by atoms with Crippen molar-refractivity contribution in [3.63, 3.8) is 0 Å². The van der Waals surface area contributed by atoms with Crippen molar-refractivity contribution in [1.82, 2.24) is 4.90 Å². The maximum Gasteiger partial charge on any atom is 0.124 e. The second-order valence-corrected chi connectivity index (χ2v) is 5.87. The van der Waals surface area contributed by atoms with Crippen molar-refractivity contribution < 1.29 is 9.50 Å². The van der Waals surface area contributed by atoms with Crippen LogP contribution in [0.2, 0.25) is 5.02 Å². The van der Waals surface area contributed by atoms with Crippen molar-refractivity contribution in [2.24, 2.45) is 0 Å². The molecule has 0 aromatic heterocycles. The molecule has 2 aliphatic rings. The third-order valence-corrected chi connectivity index (χ3v) is 4.68. The second kappa shape index (κ2) is 4.48. The van der Waals surface area contributed by atoms with E-state index in [4.69, 9.17) is 11.6 Å². The van der Waals surface area contributed by atoms with Gasteiger partial charge in [0.1, 0.15) is 5.82 Å². The molecule has 0 aliphatic carbocycles. The molecule has 18 heavy (non-hydrogen) atoms. The molecule has 0 spiro atoms. The summed E-state index contributed by atoms with van der Waals surface area (Å²) in [5.41, 5.74) is 0.146. The van der Waals surface area contributed by atoms with Gasteiger partial charge in [-0.15, -0.1) is 0 Å². The third kappa shape index (κ3) is 2.04. The van der Waals surface area contributed by atoms with Crippen LogP contribution in [0, 0.1) is 5.82 Å². The summed E-state index contributed by atoms with van der Waals surface area (Å²) in [5.74, 6) is -0.329. The van der Waals surface area contributed by atoms with Gasteiger partial charge >= 0.3 is 0 Å². The molecule has 0 saturated carbocycles. The van der Waals surface area contributed by atoms with Crippen LogP contribution in [0.3, 0.4) is 0 Å². The van der Waals surface area contributed by atoms with Crippen LogP contribution >= 0.6 is 11.6 Å². The topological polar surface area (TPSA) is 23.5 Å². The molecule has 2 aliphatic heterocycles. The molecule has 1 N–H and O–H groups in total. The monoisotopic (exact) mass is 269 g/mol. The smallest absolute Gasteiger partial charge is 0.124 e. The average molecular weight is 270 g/mol. The molecule has 1 aromatic carbocycles. The highest BCUT2D eigenvalue weighted by molar-refractivity contribution is 6.31. The van der Waals surface area contributed by atoms with Crippen LogP contribution in [0.5, 0.6) is 0 Å². The molecule has 0 amide bonds. The summed E-state index contributed by atoms with van der Waals surface area (Å²) in [5, 5.41) is 11.2. The lowest BCUT2D eigenvalue weighted by molar-refractivity contribution is 0.0141. The van der Waals surface area contributed by atoms with Crippen molar-refractivity contribution in [2.45, 2.75) is 37.3 Å². The molecule has 0 radical (unpaired) electrons. The number of benzene rings is 1. The van der Waals surface area contributed by atoms with Crippen molar-refractivity contribution in [3.05, 3.63) is 34.6 Å². The molecule has 0 bridgehead atoms. The van der Waals surface area contributed by atoms with E-state index in [9.17, 15) is 9.50 Å². The van der Waals surface area contributed by atoms with Crippen molar-refractivity contribution in [2.75, 3.05) is 13.1 Å². The fourth-order valence-electron chi connectivity index (χ4n) is 3.41. The van der Waals surface area contributed by atoms with Crippen LogP contribution in [0.1, 0.15) is 24.8 Å². The molecule has 2 saturated heterocycles. The van der Waals surface area contributed by atoms with Crippen LogP contribution in [0.4, 0.5) is 4.39 Å². The molecular formula is C14H17ClFNO. The van der Waals surface area contributed by atoms with Gasteiger partial charge in [-0.05, 0) is 43.5 Å². The fraction of sp³-hybridized carbons (Fsp3) is 0.571.